The first-order valence-electron chi connectivity index (χ1n) is 11.5. The number of rotatable bonds is 5. The second-order valence-electron chi connectivity index (χ2n) is 8.96. The van der Waals surface area contributed by atoms with Crippen molar-refractivity contribution in [3.63, 3.8) is 0 Å². The maximum Gasteiger partial charge on any atom is 0.232 e. The lowest BCUT2D eigenvalue weighted by atomic mass is 10.0. The van der Waals surface area contributed by atoms with Crippen LogP contribution in [-0.4, -0.2) is 40.8 Å². The van der Waals surface area contributed by atoms with E-state index < -0.39 is 0 Å². The second-order valence-corrected chi connectivity index (χ2v) is 9.37. The topological polar surface area (TPSA) is 69.5 Å². The van der Waals surface area contributed by atoms with Gasteiger partial charge in [0.2, 0.25) is 5.95 Å². The third-order valence-electron chi connectivity index (χ3n) is 6.22. The van der Waals surface area contributed by atoms with E-state index in [2.05, 4.69) is 40.3 Å². The summed E-state index contributed by atoms with van der Waals surface area (Å²) >= 11 is 5.51. The van der Waals surface area contributed by atoms with Crippen molar-refractivity contribution >= 4 is 34.9 Å². The molecule has 0 unspecified atom stereocenters. The average Bonchev–Trinajstić information content (AvgIpc) is 3.17. The highest BCUT2D eigenvalue weighted by Crippen LogP contribution is 2.29. The molecule has 2 fully saturated rings. The predicted molar refractivity (Wildman–Crippen MR) is 130 cm³/mol. The van der Waals surface area contributed by atoms with Crippen LogP contribution >= 0.6 is 12.2 Å². The van der Waals surface area contributed by atoms with Crippen LogP contribution in [0.4, 0.5) is 17.6 Å². The normalized spacial score (nSPS) is 21.8. The molecular formula is C23H34N6OS. The summed E-state index contributed by atoms with van der Waals surface area (Å²) in [5, 5.41) is 6.90. The number of furan rings is 1. The van der Waals surface area contributed by atoms with E-state index in [0.29, 0.717) is 29.6 Å². The van der Waals surface area contributed by atoms with Gasteiger partial charge in [-0.2, -0.15) is 9.97 Å². The molecule has 2 aromatic rings. The lowest BCUT2D eigenvalue weighted by molar-refractivity contribution is 0.444. The molecule has 2 N–H and O–H groups in total. The van der Waals surface area contributed by atoms with Crippen LogP contribution in [0.15, 0.2) is 22.6 Å². The highest BCUT2D eigenvalue weighted by Gasteiger charge is 2.24. The number of piperidine rings is 2. The Morgan fingerprint density at radius 2 is 1.97 bits per heavy atom. The van der Waals surface area contributed by atoms with Crippen LogP contribution in [0.3, 0.4) is 0 Å². The maximum absolute atomic E-state index is 5.61. The van der Waals surface area contributed by atoms with Crippen molar-refractivity contribution < 1.29 is 4.42 Å². The first-order chi connectivity index (χ1) is 15.0. The summed E-state index contributed by atoms with van der Waals surface area (Å²) < 4.78 is 5.61. The van der Waals surface area contributed by atoms with Crippen molar-refractivity contribution in [3.05, 3.63) is 29.7 Å². The molecule has 0 bridgehead atoms. The summed E-state index contributed by atoms with van der Waals surface area (Å²) in [6.45, 7) is 10.2. The molecule has 168 valence electrons. The van der Waals surface area contributed by atoms with Gasteiger partial charge >= 0.3 is 0 Å². The summed E-state index contributed by atoms with van der Waals surface area (Å²) in [5.41, 5.74) is 0. The Labute approximate surface area is 190 Å². The number of hydrogen-bond acceptors (Lipinski definition) is 6. The van der Waals surface area contributed by atoms with Crippen LogP contribution in [0.25, 0.3) is 0 Å². The van der Waals surface area contributed by atoms with E-state index in [1.54, 1.807) is 0 Å². The molecule has 4 rings (SSSR count). The summed E-state index contributed by atoms with van der Waals surface area (Å²) in [7, 11) is 0. The molecule has 2 atom stereocenters. The molecule has 2 aliphatic rings. The van der Waals surface area contributed by atoms with E-state index in [1.165, 1.54) is 32.1 Å². The molecule has 2 aliphatic heterocycles. The SMILES string of the molecule is Cc1ccc(CNC(=S)Nc2nc(N3CCC[C@H](C)C3)cc(N3CCCC[C@H]3C)n2)o1. The average molecular weight is 443 g/mol. The first-order valence-corrected chi connectivity index (χ1v) is 11.9. The van der Waals surface area contributed by atoms with E-state index in [-0.39, 0.29) is 0 Å². The van der Waals surface area contributed by atoms with Crippen LogP contribution in [-0.2, 0) is 6.54 Å². The zero-order chi connectivity index (χ0) is 21.8. The third-order valence-corrected chi connectivity index (χ3v) is 6.47. The Bertz CT molecular complexity index is 900. The van der Waals surface area contributed by atoms with Gasteiger partial charge in [-0.15, -0.1) is 0 Å². The smallest absolute Gasteiger partial charge is 0.232 e. The van der Waals surface area contributed by atoms with Gasteiger partial charge < -0.3 is 24.9 Å². The van der Waals surface area contributed by atoms with Gasteiger partial charge in [0, 0.05) is 31.7 Å². The summed E-state index contributed by atoms with van der Waals surface area (Å²) in [5.74, 6) is 4.95. The molecule has 31 heavy (non-hydrogen) atoms. The molecule has 0 aromatic carbocycles. The number of aryl methyl sites for hydroxylation is 1. The minimum atomic E-state index is 0.483. The summed E-state index contributed by atoms with van der Waals surface area (Å²) in [6.07, 6.45) is 6.17. The van der Waals surface area contributed by atoms with Gasteiger partial charge in [0.25, 0.3) is 0 Å². The fraction of sp³-hybridized carbons (Fsp3) is 0.609. The van der Waals surface area contributed by atoms with Crippen molar-refractivity contribution in [3.8, 4) is 0 Å². The molecule has 0 saturated carbocycles. The fourth-order valence-corrected chi connectivity index (χ4v) is 4.68. The Balaban J connectivity index is 1.52. The monoisotopic (exact) mass is 442 g/mol. The minimum Gasteiger partial charge on any atom is -0.465 e. The van der Waals surface area contributed by atoms with Crippen molar-refractivity contribution in [2.45, 2.75) is 65.5 Å². The highest BCUT2D eigenvalue weighted by atomic mass is 32.1. The van der Waals surface area contributed by atoms with Crippen molar-refractivity contribution in [1.82, 2.24) is 15.3 Å². The molecule has 7 nitrogen and oxygen atoms in total. The van der Waals surface area contributed by atoms with Gasteiger partial charge in [0.05, 0.1) is 6.54 Å². The molecule has 0 radical (unpaired) electrons. The number of nitrogens with zero attached hydrogens (tertiary/aromatic N) is 4. The second kappa shape index (κ2) is 9.85. The van der Waals surface area contributed by atoms with Gasteiger partial charge in [-0.1, -0.05) is 6.92 Å². The molecule has 0 spiro atoms. The molecule has 2 aromatic heterocycles. The van der Waals surface area contributed by atoms with E-state index in [9.17, 15) is 0 Å². The lowest BCUT2D eigenvalue weighted by Gasteiger charge is -2.36. The Morgan fingerprint density at radius 3 is 2.71 bits per heavy atom. The van der Waals surface area contributed by atoms with Crippen molar-refractivity contribution in [2.75, 3.05) is 34.8 Å². The number of anilines is 3. The summed E-state index contributed by atoms with van der Waals surface area (Å²) in [4.78, 5) is 14.5. The molecule has 0 amide bonds. The quantitative estimate of drug-likeness (QED) is 0.657. The molecule has 2 saturated heterocycles. The lowest BCUT2D eigenvalue weighted by Crippen LogP contribution is -2.39. The largest absolute Gasteiger partial charge is 0.465 e. The summed E-state index contributed by atoms with van der Waals surface area (Å²) in [6, 6.07) is 6.55. The molecular weight excluding hydrogens is 408 g/mol. The minimum absolute atomic E-state index is 0.483. The van der Waals surface area contributed by atoms with E-state index in [1.807, 2.05) is 19.1 Å². The van der Waals surface area contributed by atoms with Crippen LogP contribution in [0.5, 0.6) is 0 Å². The van der Waals surface area contributed by atoms with Gasteiger partial charge in [0.1, 0.15) is 23.2 Å². The molecule has 8 heteroatoms. The van der Waals surface area contributed by atoms with Gasteiger partial charge in [-0.05, 0) is 76.2 Å². The van der Waals surface area contributed by atoms with Crippen molar-refractivity contribution in [1.29, 1.82) is 0 Å². The highest BCUT2D eigenvalue weighted by molar-refractivity contribution is 7.80. The Morgan fingerprint density at radius 1 is 1.13 bits per heavy atom. The number of nitrogens with one attached hydrogen (secondary N) is 2. The fourth-order valence-electron chi connectivity index (χ4n) is 4.52. The van der Waals surface area contributed by atoms with Gasteiger partial charge in [-0.25, -0.2) is 0 Å². The van der Waals surface area contributed by atoms with E-state index in [4.69, 9.17) is 26.6 Å². The van der Waals surface area contributed by atoms with Gasteiger partial charge in [0.15, 0.2) is 5.11 Å². The van der Waals surface area contributed by atoms with Crippen LogP contribution < -0.4 is 20.4 Å². The number of hydrogen-bond donors (Lipinski definition) is 2. The maximum atomic E-state index is 5.61. The Hall–Kier alpha value is -2.35. The van der Waals surface area contributed by atoms with Crippen LogP contribution in [0.2, 0.25) is 0 Å². The standard InChI is InChI=1S/C23H34N6OS/c1-16-7-6-11-28(15-16)20-13-21(29-12-5-4-8-17(29)2)26-22(25-20)27-23(31)24-14-19-10-9-18(3)30-19/h9-10,13,16-17H,4-8,11-12,14-15H2,1-3H3,(H2,24,25,26,27,31)/t16-,17+/m0/s1. The Kier molecular flexibility index (Phi) is 6.95. The van der Waals surface area contributed by atoms with E-state index in [0.717, 1.165) is 42.8 Å². The van der Waals surface area contributed by atoms with Crippen LogP contribution in [0, 0.1) is 12.8 Å². The third kappa shape index (κ3) is 5.67. The van der Waals surface area contributed by atoms with E-state index >= 15 is 0 Å². The number of aromatic nitrogens is 2. The predicted octanol–water partition coefficient (Wildman–Crippen LogP) is 4.48. The van der Waals surface area contributed by atoms with Crippen molar-refractivity contribution in [2.24, 2.45) is 5.92 Å². The molecule has 0 aliphatic carbocycles. The molecule has 4 heterocycles. The first kappa shape index (κ1) is 21.9. The van der Waals surface area contributed by atoms with Gasteiger partial charge in [-0.3, -0.25) is 0 Å². The van der Waals surface area contributed by atoms with Crippen LogP contribution in [0.1, 0.15) is 57.5 Å². The zero-order valence-electron chi connectivity index (χ0n) is 18.9. The zero-order valence-corrected chi connectivity index (χ0v) is 19.7. The number of thiocarbonyl (C=S) groups is 1.